The number of halogens is 1. The van der Waals surface area contributed by atoms with E-state index < -0.39 is 11.4 Å². The number of aliphatic carboxylic acids is 1. The van der Waals surface area contributed by atoms with Gasteiger partial charge in [0.15, 0.2) is 0 Å². The highest BCUT2D eigenvalue weighted by molar-refractivity contribution is 6.32. The highest BCUT2D eigenvalue weighted by atomic mass is 35.5. The summed E-state index contributed by atoms with van der Waals surface area (Å²) < 4.78 is 0. The summed E-state index contributed by atoms with van der Waals surface area (Å²) in [6.07, 6.45) is 3.13. The summed E-state index contributed by atoms with van der Waals surface area (Å²) in [5.74, 6) is -0.786. The molecule has 17 heavy (non-hydrogen) atoms. The lowest BCUT2D eigenvalue weighted by Crippen LogP contribution is -2.33. The van der Waals surface area contributed by atoms with E-state index in [1.165, 1.54) is 0 Å². The van der Waals surface area contributed by atoms with Crippen molar-refractivity contribution >= 4 is 17.6 Å². The zero-order chi connectivity index (χ0) is 12.6. The lowest BCUT2D eigenvalue weighted by molar-refractivity contribution is -0.143. The molecule has 0 radical (unpaired) electrons. The first-order valence-corrected chi connectivity index (χ1v) is 6.08. The molecule has 1 aromatic carbocycles. The van der Waals surface area contributed by atoms with Crippen LogP contribution in [0.1, 0.15) is 36.8 Å². The molecule has 0 aliphatic heterocycles. The zero-order valence-electron chi connectivity index (χ0n) is 9.66. The fourth-order valence-corrected chi connectivity index (χ4v) is 2.92. The Morgan fingerprint density at radius 1 is 1.35 bits per heavy atom. The van der Waals surface area contributed by atoms with Gasteiger partial charge in [-0.25, -0.2) is 0 Å². The molecular weight excluding hydrogens is 240 g/mol. The number of hydrogen-bond acceptors (Lipinski definition) is 2. The topological polar surface area (TPSA) is 57.5 Å². The van der Waals surface area contributed by atoms with E-state index in [0.29, 0.717) is 12.8 Å². The maximum atomic E-state index is 11.6. The smallest absolute Gasteiger partial charge is 0.314 e. The molecule has 0 spiro atoms. The molecule has 0 heterocycles. The zero-order valence-corrected chi connectivity index (χ0v) is 10.4. The molecule has 1 aliphatic carbocycles. The molecule has 4 heteroatoms. The van der Waals surface area contributed by atoms with Crippen molar-refractivity contribution in [1.29, 1.82) is 0 Å². The van der Waals surface area contributed by atoms with Gasteiger partial charge in [-0.2, -0.15) is 0 Å². The van der Waals surface area contributed by atoms with Crippen LogP contribution in [-0.4, -0.2) is 16.2 Å². The van der Waals surface area contributed by atoms with Crippen LogP contribution < -0.4 is 0 Å². The third-order valence-corrected chi connectivity index (χ3v) is 3.98. The van der Waals surface area contributed by atoms with E-state index in [9.17, 15) is 15.0 Å². The van der Waals surface area contributed by atoms with Crippen LogP contribution >= 0.6 is 11.6 Å². The van der Waals surface area contributed by atoms with E-state index in [-0.39, 0.29) is 10.8 Å². The van der Waals surface area contributed by atoms with Gasteiger partial charge in [-0.05, 0) is 43.0 Å². The fraction of sp³-hybridized carbons (Fsp3) is 0.462. The van der Waals surface area contributed by atoms with Gasteiger partial charge in [0.25, 0.3) is 0 Å². The number of phenols is 1. The van der Waals surface area contributed by atoms with Crippen molar-refractivity contribution < 1.29 is 15.0 Å². The number of aryl methyl sites for hydroxylation is 1. The first-order valence-electron chi connectivity index (χ1n) is 5.70. The van der Waals surface area contributed by atoms with Crippen molar-refractivity contribution in [2.45, 2.75) is 38.0 Å². The number of rotatable bonds is 2. The quantitative estimate of drug-likeness (QED) is 0.852. The first-order chi connectivity index (χ1) is 7.97. The highest BCUT2D eigenvalue weighted by Crippen LogP contribution is 2.44. The van der Waals surface area contributed by atoms with Crippen molar-refractivity contribution in [1.82, 2.24) is 0 Å². The third kappa shape index (κ3) is 1.89. The highest BCUT2D eigenvalue weighted by Gasteiger charge is 2.44. The van der Waals surface area contributed by atoms with Gasteiger partial charge in [0.1, 0.15) is 5.75 Å². The molecule has 1 aromatic rings. The Bertz CT molecular complexity index is 462. The summed E-state index contributed by atoms with van der Waals surface area (Å²) in [6, 6.07) is 3.15. The second-order valence-corrected chi connectivity index (χ2v) is 5.12. The predicted octanol–water partition coefficient (Wildman–Crippen LogP) is 3.25. The molecule has 3 nitrogen and oxygen atoms in total. The van der Waals surface area contributed by atoms with E-state index in [0.717, 1.165) is 24.0 Å². The number of hydrogen-bond donors (Lipinski definition) is 2. The van der Waals surface area contributed by atoms with E-state index >= 15 is 0 Å². The normalized spacial score (nSPS) is 18.2. The van der Waals surface area contributed by atoms with Crippen molar-refractivity contribution in [2.75, 3.05) is 0 Å². The average Bonchev–Trinajstić information content (AvgIpc) is 2.73. The van der Waals surface area contributed by atoms with Gasteiger partial charge in [-0.3, -0.25) is 4.79 Å². The largest absolute Gasteiger partial charge is 0.506 e. The van der Waals surface area contributed by atoms with Gasteiger partial charge in [-0.1, -0.05) is 24.4 Å². The lowest BCUT2D eigenvalue weighted by Gasteiger charge is -2.26. The molecule has 0 atom stereocenters. The SMILES string of the molecule is Cc1cc(O)c(Cl)cc1C1(C(=O)O)CCCC1. The van der Waals surface area contributed by atoms with Gasteiger partial charge < -0.3 is 10.2 Å². The molecule has 1 fully saturated rings. The van der Waals surface area contributed by atoms with Crippen molar-refractivity contribution in [3.05, 3.63) is 28.3 Å². The van der Waals surface area contributed by atoms with Gasteiger partial charge in [-0.15, -0.1) is 0 Å². The van der Waals surface area contributed by atoms with Crippen LogP contribution in [0.4, 0.5) is 0 Å². The number of carboxylic acids is 1. The molecule has 0 saturated heterocycles. The van der Waals surface area contributed by atoms with Crippen LogP contribution in [0.2, 0.25) is 5.02 Å². The van der Waals surface area contributed by atoms with E-state index in [1.54, 1.807) is 12.1 Å². The van der Waals surface area contributed by atoms with Gasteiger partial charge in [0, 0.05) is 0 Å². The minimum Gasteiger partial charge on any atom is -0.506 e. The number of carbonyl (C=O) groups is 1. The molecule has 1 saturated carbocycles. The molecular formula is C13H15ClO3. The minimum atomic E-state index is -0.818. The van der Waals surface area contributed by atoms with E-state index in [2.05, 4.69) is 0 Å². The Morgan fingerprint density at radius 3 is 2.47 bits per heavy atom. The Kier molecular flexibility index (Phi) is 3.04. The predicted molar refractivity (Wildman–Crippen MR) is 65.6 cm³/mol. The molecule has 2 rings (SSSR count). The van der Waals surface area contributed by atoms with Crippen LogP contribution in [0.5, 0.6) is 5.75 Å². The molecule has 0 bridgehead atoms. The second-order valence-electron chi connectivity index (χ2n) is 4.71. The Balaban J connectivity index is 2.58. The van der Waals surface area contributed by atoms with E-state index in [4.69, 9.17) is 11.6 Å². The van der Waals surface area contributed by atoms with Crippen LogP contribution in [0.15, 0.2) is 12.1 Å². The average molecular weight is 255 g/mol. The van der Waals surface area contributed by atoms with Gasteiger partial charge in [0.05, 0.1) is 10.4 Å². The standard InChI is InChI=1S/C13H15ClO3/c1-8-6-11(15)10(14)7-9(8)13(12(16)17)4-2-3-5-13/h6-7,15H,2-5H2,1H3,(H,16,17). The Hall–Kier alpha value is -1.22. The maximum Gasteiger partial charge on any atom is 0.314 e. The summed E-state index contributed by atoms with van der Waals surface area (Å²) in [7, 11) is 0. The Morgan fingerprint density at radius 2 is 1.94 bits per heavy atom. The Labute approximate surface area is 105 Å². The van der Waals surface area contributed by atoms with Gasteiger partial charge in [0.2, 0.25) is 0 Å². The van der Waals surface area contributed by atoms with E-state index in [1.807, 2.05) is 6.92 Å². The summed E-state index contributed by atoms with van der Waals surface area (Å²) in [5.41, 5.74) is 0.711. The summed E-state index contributed by atoms with van der Waals surface area (Å²) >= 11 is 5.89. The minimum absolute atomic E-state index is 0.00597. The lowest BCUT2D eigenvalue weighted by atomic mass is 9.77. The van der Waals surface area contributed by atoms with Crippen LogP contribution in [0.3, 0.4) is 0 Å². The second kappa shape index (κ2) is 4.22. The molecule has 0 amide bonds. The molecule has 0 unspecified atom stereocenters. The summed E-state index contributed by atoms with van der Waals surface area (Å²) in [4.78, 5) is 11.6. The number of aromatic hydroxyl groups is 1. The molecule has 0 aromatic heterocycles. The first kappa shape index (κ1) is 12.2. The molecule has 1 aliphatic rings. The molecule has 92 valence electrons. The van der Waals surface area contributed by atoms with Crippen molar-refractivity contribution in [3.63, 3.8) is 0 Å². The molecule has 2 N–H and O–H groups in total. The fourth-order valence-electron chi connectivity index (χ4n) is 2.76. The van der Waals surface area contributed by atoms with Crippen LogP contribution in [0, 0.1) is 6.92 Å². The van der Waals surface area contributed by atoms with Crippen LogP contribution in [0.25, 0.3) is 0 Å². The third-order valence-electron chi connectivity index (χ3n) is 3.68. The number of phenolic OH excluding ortho intramolecular Hbond substituents is 1. The maximum absolute atomic E-state index is 11.6. The monoisotopic (exact) mass is 254 g/mol. The van der Waals surface area contributed by atoms with Crippen molar-refractivity contribution in [3.8, 4) is 5.75 Å². The number of benzene rings is 1. The number of carboxylic acid groups (broad SMARTS) is 1. The van der Waals surface area contributed by atoms with Gasteiger partial charge >= 0.3 is 5.97 Å². The summed E-state index contributed by atoms with van der Waals surface area (Å²) in [6.45, 7) is 1.81. The van der Waals surface area contributed by atoms with Crippen molar-refractivity contribution in [2.24, 2.45) is 0 Å². The summed E-state index contributed by atoms with van der Waals surface area (Å²) in [5, 5.41) is 19.2. The van der Waals surface area contributed by atoms with Crippen LogP contribution in [-0.2, 0) is 10.2 Å².